The lowest BCUT2D eigenvalue weighted by molar-refractivity contribution is -0.127. The number of rotatable bonds is 5. The summed E-state index contributed by atoms with van der Waals surface area (Å²) in [5, 5.41) is 3.39. The Kier molecular flexibility index (Phi) is 3.59. The van der Waals surface area contributed by atoms with Crippen molar-refractivity contribution in [2.24, 2.45) is 23.5 Å². The van der Waals surface area contributed by atoms with E-state index in [4.69, 9.17) is 5.73 Å². The first-order valence-electron chi connectivity index (χ1n) is 8.15. The zero-order chi connectivity index (χ0) is 13.5. The topological polar surface area (TPSA) is 55.1 Å². The molecule has 0 radical (unpaired) electrons. The number of nitrogens with two attached hydrogens (primary N) is 1. The minimum absolute atomic E-state index is 0.0407. The fourth-order valence-electron chi connectivity index (χ4n) is 5.32. The molecule has 0 aromatic rings. The Balaban J connectivity index is 1.58. The van der Waals surface area contributed by atoms with Gasteiger partial charge in [-0.1, -0.05) is 13.3 Å². The zero-order valence-corrected chi connectivity index (χ0v) is 12.2. The highest BCUT2D eigenvalue weighted by atomic mass is 16.1. The molecule has 3 N–H and O–H groups in total. The summed E-state index contributed by atoms with van der Waals surface area (Å²) >= 11 is 0. The Hall–Kier alpha value is -0.570. The number of hydrogen-bond acceptors (Lipinski definition) is 2. The van der Waals surface area contributed by atoms with Crippen LogP contribution in [0, 0.1) is 17.8 Å². The summed E-state index contributed by atoms with van der Waals surface area (Å²) in [7, 11) is 0. The monoisotopic (exact) mass is 264 g/mol. The summed E-state index contributed by atoms with van der Waals surface area (Å²) in [5.74, 6) is 2.85. The van der Waals surface area contributed by atoms with E-state index in [2.05, 4.69) is 12.2 Å². The van der Waals surface area contributed by atoms with Crippen LogP contribution in [0.25, 0.3) is 0 Å². The molecule has 0 saturated heterocycles. The van der Waals surface area contributed by atoms with Gasteiger partial charge in [-0.2, -0.15) is 0 Å². The molecule has 4 aliphatic rings. The highest BCUT2D eigenvalue weighted by molar-refractivity contribution is 5.77. The summed E-state index contributed by atoms with van der Waals surface area (Å²) in [5.41, 5.74) is 6.14. The van der Waals surface area contributed by atoms with Crippen LogP contribution < -0.4 is 11.1 Å². The molecular weight excluding hydrogens is 236 g/mol. The lowest BCUT2D eigenvalue weighted by Gasteiger charge is -2.57. The van der Waals surface area contributed by atoms with E-state index in [1.165, 1.54) is 38.5 Å². The van der Waals surface area contributed by atoms with Gasteiger partial charge in [0, 0.05) is 18.0 Å². The summed E-state index contributed by atoms with van der Waals surface area (Å²) < 4.78 is 0. The van der Waals surface area contributed by atoms with Crippen LogP contribution in [0.5, 0.6) is 0 Å². The van der Waals surface area contributed by atoms with Crippen molar-refractivity contribution in [1.29, 1.82) is 0 Å². The quantitative estimate of drug-likeness (QED) is 0.802. The Morgan fingerprint density at radius 3 is 2.21 bits per heavy atom. The molecule has 0 heterocycles. The van der Waals surface area contributed by atoms with Gasteiger partial charge in [-0.3, -0.25) is 4.79 Å². The largest absolute Gasteiger partial charge is 0.351 e. The lowest BCUT2D eigenvalue weighted by atomic mass is 9.53. The van der Waals surface area contributed by atoms with Crippen molar-refractivity contribution < 1.29 is 4.79 Å². The number of amides is 1. The summed E-state index contributed by atoms with van der Waals surface area (Å²) in [4.78, 5) is 12.2. The van der Waals surface area contributed by atoms with Gasteiger partial charge in [0.1, 0.15) is 0 Å². The van der Waals surface area contributed by atoms with Crippen LogP contribution in [0.1, 0.15) is 64.7 Å². The van der Waals surface area contributed by atoms with Crippen LogP contribution in [0.15, 0.2) is 0 Å². The predicted molar refractivity (Wildman–Crippen MR) is 76.5 cm³/mol. The van der Waals surface area contributed by atoms with E-state index in [0.717, 1.165) is 30.6 Å². The maximum Gasteiger partial charge on any atom is 0.221 e. The van der Waals surface area contributed by atoms with Gasteiger partial charge in [-0.25, -0.2) is 0 Å². The van der Waals surface area contributed by atoms with Crippen molar-refractivity contribution in [2.45, 2.75) is 76.3 Å². The Morgan fingerprint density at radius 1 is 1.21 bits per heavy atom. The molecule has 0 spiro atoms. The normalized spacial score (nSPS) is 41.3. The summed E-state index contributed by atoms with van der Waals surface area (Å²) in [6.07, 6.45) is 10.5. The molecule has 0 aliphatic heterocycles. The van der Waals surface area contributed by atoms with E-state index >= 15 is 0 Å². The molecule has 0 aromatic carbocycles. The second-order valence-electron chi connectivity index (χ2n) is 7.50. The highest BCUT2D eigenvalue weighted by Crippen LogP contribution is 2.55. The Labute approximate surface area is 116 Å². The molecule has 1 unspecified atom stereocenters. The summed E-state index contributed by atoms with van der Waals surface area (Å²) in [6.45, 7) is 2.12. The Morgan fingerprint density at radius 2 is 1.74 bits per heavy atom. The maximum atomic E-state index is 12.2. The van der Waals surface area contributed by atoms with Crippen molar-refractivity contribution in [2.75, 3.05) is 0 Å². The van der Waals surface area contributed by atoms with E-state index in [9.17, 15) is 4.79 Å². The van der Waals surface area contributed by atoms with Crippen molar-refractivity contribution in [3.8, 4) is 0 Å². The van der Waals surface area contributed by atoms with Crippen LogP contribution in [0.3, 0.4) is 0 Å². The highest BCUT2D eigenvalue weighted by Gasteiger charge is 2.51. The zero-order valence-electron chi connectivity index (χ0n) is 12.2. The molecule has 3 nitrogen and oxygen atoms in total. The first-order chi connectivity index (χ1) is 9.08. The van der Waals surface area contributed by atoms with Gasteiger partial charge in [-0.05, 0) is 62.7 Å². The van der Waals surface area contributed by atoms with Crippen molar-refractivity contribution in [3.05, 3.63) is 0 Å². The number of hydrogen-bond donors (Lipinski definition) is 2. The van der Waals surface area contributed by atoms with Crippen molar-refractivity contribution in [3.63, 3.8) is 0 Å². The molecule has 3 heteroatoms. The van der Waals surface area contributed by atoms with Gasteiger partial charge in [-0.15, -0.1) is 0 Å². The Bertz CT molecular complexity index is 317. The fourth-order valence-corrected chi connectivity index (χ4v) is 5.32. The lowest BCUT2D eigenvalue weighted by Crippen LogP contribution is -2.60. The third kappa shape index (κ3) is 2.81. The van der Waals surface area contributed by atoms with Gasteiger partial charge >= 0.3 is 0 Å². The van der Waals surface area contributed by atoms with Gasteiger partial charge < -0.3 is 11.1 Å². The molecule has 4 saturated carbocycles. The summed E-state index contributed by atoms with van der Waals surface area (Å²) in [6, 6.07) is 0.0407. The van der Waals surface area contributed by atoms with Gasteiger partial charge in [0.25, 0.3) is 0 Å². The SMILES string of the molecule is CCCC(N)CC(=O)NC12CC3CC(CC(C3)C1)C2. The van der Waals surface area contributed by atoms with Gasteiger partial charge in [0.2, 0.25) is 5.91 Å². The second kappa shape index (κ2) is 5.08. The molecule has 4 bridgehead atoms. The molecule has 108 valence electrons. The van der Waals surface area contributed by atoms with Crippen LogP contribution in [0.4, 0.5) is 0 Å². The van der Waals surface area contributed by atoms with Crippen LogP contribution in [0.2, 0.25) is 0 Å². The fraction of sp³-hybridized carbons (Fsp3) is 0.938. The number of carbonyl (C=O) groups excluding carboxylic acids is 1. The van der Waals surface area contributed by atoms with Crippen LogP contribution in [-0.4, -0.2) is 17.5 Å². The van der Waals surface area contributed by atoms with E-state index in [1.807, 2.05) is 0 Å². The third-order valence-corrected chi connectivity index (χ3v) is 5.55. The number of carbonyl (C=O) groups is 1. The third-order valence-electron chi connectivity index (χ3n) is 5.55. The first-order valence-corrected chi connectivity index (χ1v) is 8.15. The van der Waals surface area contributed by atoms with Crippen LogP contribution in [-0.2, 0) is 4.79 Å². The molecule has 4 rings (SSSR count). The van der Waals surface area contributed by atoms with E-state index in [-0.39, 0.29) is 17.5 Å². The van der Waals surface area contributed by atoms with E-state index in [0.29, 0.717) is 6.42 Å². The molecular formula is C16H28N2O. The average molecular weight is 264 g/mol. The molecule has 19 heavy (non-hydrogen) atoms. The predicted octanol–water partition coefficient (Wildman–Crippen LogP) is 2.59. The molecule has 4 fully saturated rings. The molecule has 1 amide bonds. The molecule has 0 aromatic heterocycles. The van der Waals surface area contributed by atoms with Gasteiger partial charge in [0.15, 0.2) is 0 Å². The number of nitrogens with one attached hydrogen (secondary N) is 1. The second-order valence-corrected chi connectivity index (χ2v) is 7.50. The minimum Gasteiger partial charge on any atom is -0.351 e. The first kappa shape index (κ1) is 13.4. The minimum atomic E-state index is 0.0407. The maximum absolute atomic E-state index is 12.2. The van der Waals surface area contributed by atoms with E-state index < -0.39 is 0 Å². The molecule has 4 aliphatic carbocycles. The van der Waals surface area contributed by atoms with Crippen LogP contribution >= 0.6 is 0 Å². The van der Waals surface area contributed by atoms with Gasteiger partial charge in [0.05, 0.1) is 0 Å². The van der Waals surface area contributed by atoms with Crippen molar-refractivity contribution in [1.82, 2.24) is 5.32 Å². The average Bonchev–Trinajstić information content (AvgIpc) is 2.25. The molecule has 1 atom stereocenters. The smallest absolute Gasteiger partial charge is 0.221 e. The van der Waals surface area contributed by atoms with Crippen molar-refractivity contribution >= 4 is 5.91 Å². The van der Waals surface area contributed by atoms with E-state index in [1.54, 1.807) is 0 Å². The standard InChI is InChI=1S/C16H28N2O/c1-2-3-14(17)7-15(19)18-16-8-11-4-12(9-16)6-13(5-11)10-16/h11-14H,2-10,17H2,1H3,(H,18,19).